The Morgan fingerprint density at radius 3 is 2.83 bits per heavy atom. The highest BCUT2D eigenvalue weighted by Crippen LogP contribution is 2.22. The van der Waals surface area contributed by atoms with E-state index in [1.165, 1.54) is 6.20 Å². The number of nitrogens with zero attached hydrogens (tertiary/aromatic N) is 5. The van der Waals surface area contributed by atoms with Gasteiger partial charge in [0.05, 0.1) is 18.5 Å². The number of carbonyl (C=O) groups is 1. The highest BCUT2D eigenvalue weighted by molar-refractivity contribution is 5.92. The fourth-order valence-corrected chi connectivity index (χ4v) is 2.62. The first-order valence-corrected chi connectivity index (χ1v) is 8.05. The molecular formula is C16H22N6O2. The molecule has 1 atom stereocenters. The zero-order chi connectivity index (χ0) is 17.2. The largest absolute Gasteiger partial charge is 0.476 e. The first-order valence-electron chi connectivity index (χ1n) is 8.05. The molecule has 2 aromatic heterocycles. The monoisotopic (exact) mass is 330 g/mol. The Balaban J connectivity index is 1.50. The van der Waals surface area contributed by atoms with Crippen molar-refractivity contribution in [2.24, 2.45) is 5.92 Å². The van der Waals surface area contributed by atoms with Crippen molar-refractivity contribution in [1.29, 1.82) is 0 Å². The van der Waals surface area contributed by atoms with Gasteiger partial charge in [-0.3, -0.25) is 4.79 Å². The fraction of sp³-hybridized carbons (Fsp3) is 0.562. The van der Waals surface area contributed by atoms with Crippen molar-refractivity contribution in [2.45, 2.75) is 32.6 Å². The number of amides is 1. The van der Waals surface area contributed by atoms with Crippen LogP contribution < -0.4 is 4.74 Å². The lowest BCUT2D eigenvalue weighted by Gasteiger charge is -2.17. The highest BCUT2D eigenvalue weighted by atomic mass is 16.5. The molecule has 8 nitrogen and oxygen atoms in total. The van der Waals surface area contributed by atoms with Gasteiger partial charge in [-0.1, -0.05) is 20.8 Å². The van der Waals surface area contributed by atoms with E-state index in [0.29, 0.717) is 31.3 Å². The van der Waals surface area contributed by atoms with Crippen LogP contribution >= 0.6 is 0 Å². The normalized spacial score (nSPS) is 18.0. The Morgan fingerprint density at radius 2 is 2.21 bits per heavy atom. The summed E-state index contributed by atoms with van der Waals surface area (Å²) in [5, 5.41) is 18.3. The first kappa shape index (κ1) is 16.4. The van der Waals surface area contributed by atoms with Crippen molar-refractivity contribution in [3.63, 3.8) is 0 Å². The molecule has 1 fully saturated rings. The lowest BCUT2D eigenvalue weighted by Crippen LogP contribution is -2.29. The van der Waals surface area contributed by atoms with Gasteiger partial charge in [0.15, 0.2) is 5.69 Å². The summed E-state index contributed by atoms with van der Waals surface area (Å²) < 4.78 is 5.73. The maximum Gasteiger partial charge on any atom is 0.276 e. The second kappa shape index (κ2) is 6.54. The van der Waals surface area contributed by atoms with E-state index < -0.39 is 0 Å². The third-order valence-electron chi connectivity index (χ3n) is 4.08. The lowest BCUT2D eigenvalue weighted by molar-refractivity contribution is 0.0777. The summed E-state index contributed by atoms with van der Waals surface area (Å²) in [4.78, 5) is 14.0. The summed E-state index contributed by atoms with van der Waals surface area (Å²) in [6, 6.07) is 3.79. The van der Waals surface area contributed by atoms with Gasteiger partial charge in [-0.05, 0) is 12.5 Å². The topological polar surface area (TPSA) is 96.9 Å². The molecule has 0 radical (unpaired) electrons. The molecule has 24 heavy (non-hydrogen) atoms. The zero-order valence-corrected chi connectivity index (χ0v) is 14.2. The van der Waals surface area contributed by atoms with Crippen molar-refractivity contribution < 1.29 is 9.53 Å². The van der Waals surface area contributed by atoms with Gasteiger partial charge in [-0.25, -0.2) is 0 Å². The van der Waals surface area contributed by atoms with Gasteiger partial charge in [0.2, 0.25) is 5.88 Å². The molecule has 0 bridgehead atoms. The van der Waals surface area contributed by atoms with Crippen molar-refractivity contribution in [1.82, 2.24) is 30.5 Å². The summed E-state index contributed by atoms with van der Waals surface area (Å²) >= 11 is 0. The van der Waals surface area contributed by atoms with Gasteiger partial charge in [-0.15, -0.1) is 5.10 Å². The molecular weight excluding hydrogens is 308 g/mol. The number of carbonyl (C=O) groups excluding carboxylic acids is 1. The molecule has 1 N–H and O–H groups in total. The summed E-state index contributed by atoms with van der Waals surface area (Å²) in [6.07, 6.45) is 2.34. The molecule has 1 unspecified atom stereocenters. The number of ether oxygens (including phenoxy) is 1. The van der Waals surface area contributed by atoms with Crippen molar-refractivity contribution in [3.8, 4) is 5.88 Å². The average molecular weight is 330 g/mol. The molecule has 2 aromatic rings. The Hall–Kier alpha value is -2.51. The van der Waals surface area contributed by atoms with E-state index in [9.17, 15) is 4.79 Å². The molecule has 1 amide bonds. The minimum Gasteiger partial charge on any atom is -0.476 e. The van der Waals surface area contributed by atoms with Crippen LogP contribution in [0, 0.1) is 5.92 Å². The number of hydrogen-bond acceptors (Lipinski definition) is 6. The molecule has 8 heteroatoms. The average Bonchev–Trinajstić information content (AvgIpc) is 3.23. The second-order valence-electron chi connectivity index (χ2n) is 7.08. The number of nitrogens with one attached hydrogen (secondary N) is 1. The Kier molecular flexibility index (Phi) is 4.46. The van der Waals surface area contributed by atoms with Crippen molar-refractivity contribution >= 4 is 5.91 Å². The van der Waals surface area contributed by atoms with E-state index >= 15 is 0 Å². The summed E-state index contributed by atoms with van der Waals surface area (Å²) in [6.45, 7) is 8.16. The minimum atomic E-state index is -0.0967. The summed E-state index contributed by atoms with van der Waals surface area (Å²) in [7, 11) is 0. The lowest BCUT2D eigenvalue weighted by atomic mass is 9.92. The Bertz CT molecular complexity index is 678. The number of aromatic amines is 1. The Labute approximate surface area is 140 Å². The van der Waals surface area contributed by atoms with Crippen LogP contribution in [0.25, 0.3) is 0 Å². The molecule has 128 valence electrons. The fourth-order valence-electron chi connectivity index (χ4n) is 2.62. The molecule has 1 saturated heterocycles. The molecule has 1 aliphatic rings. The van der Waals surface area contributed by atoms with E-state index in [-0.39, 0.29) is 17.2 Å². The van der Waals surface area contributed by atoms with E-state index in [0.717, 1.165) is 12.1 Å². The number of hydrogen-bond donors (Lipinski definition) is 1. The quantitative estimate of drug-likeness (QED) is 0.911. The van der Waals surface area contributed by atoms with Crippen LogP contribution in [0.1, 0.15) is 43.4 Å². The highest BCUT2D eigenvalue weighted by Gasteiger charge is 2.28. The van der Waals surface area contributed by atoms with Crippen LogP contribution in [-0.2, 0) is 5.41 Å². The third-order valence-corrected chi connectivity index (χ3v) is 4.08. The summed E-state index contributed by atoms with van der Waals surface area (Å²) in [5.74, 6) is 0.704. The van der Waals surface area contributed by atoms with Crippen LogP contribution in [0.5, 0.6) is 5.88 Å². The van der Waals surface area contributed by atoms with E-state index in [1.54, 1.807) is 4.90 Å². The third kappa shape index (κ3) is 3.69. The van der Waals surface area contributed by atoms with Crippen LogP contribution in [-0.4, -0.2) is 56.1 Å². The van der Waals surface area contributed by atoms with Crippen molar-refractivity contribution in [2.75, 3.05) is 19.7 Å². The van der Waals surface area contributed by atoms with Gasteiger partial charge in [0, 0.05) is 30.5 Å². The molecule has 0 aromatic carbocycles. The standard InChI is InChI=1S/C16H22N6O2/c1-16(2,3)13-4-5-14(20-19-13)24-10-11-6-7-22(9-11)15(23)12-8-17-21-18-12/h4-5,8,11H,6-7,9-10H2,1-3H3,(H,17,18,21). The van der Waals surface area contributed by atoms with Gasteiger partial charge >= 0.3 is 0 Å². The second-order valence-corrected chi connectivity index (χ2v) is 7.08. The molecule has 3 heterocycles. The maximum absolute atomic E-state index is 12.2. The van der Waals surface area contributed by atoms with E-state index in [1.807, 2.05) is 12.1 Å². The number of H-pyrrole nitrogens is 1. The summed E-state index contributed by atoms with van der Waals surface area (Å²) in [5.41, 5.74) is 1.25. The molecule has 0 aliphatic carbocycles. The number of rotatable bonds is 4. The van der Waals surface area contributed by atoms with Crippen LogP contribution in [0.15, 0.2) is 18.3 Å². The number of aromatic nitrogens is 5. The molecule has 1 aliphatic heterocycles. The van der Waals surface area contributed by atoms with Crippen LogP contribution in [0.2, 0.25) is 0 Å². The van der Waals surface area contributed by atoms with Crippen LogP contribution in [0.4, 0.5) is 0 Å². The van der Waals surface area contributed by atoms with E-state index in [2.05, 4.69) is 46.4 Å². The van der Waals surface area contributed by atoms with Gasteiger partial charge < -0.3 is 9.64 Å². The Morgan fingerprint density at radius 1 is 1.38 bits per heavy atom. The van der Waals surface area contributed by atoms with Gasteiger partial charge in [-0.2, -0.15) is 20.5 Å². The smallest absolute Gasteiger partial charge is 0.276 e. The van der Waals surface area contributed by atoms with Gasteiger partial charge in [0.25, 0.3) is 5.91 Å². The SMILES string of the molecule is CC(C)(C)c1ccc(OCC2CCN(C(=O)c3cn[nH]n3)C2)nn1. The van der Waals surface area contributed by atoms with Crippen molar-refractivity contribution in [3.05, 3.63) is 29.7 Å². The molecule has 0 saturated carbocycles. The predicted molar refractivity (Wildman–Crippen MR) is 86.6 cm³/mol. The van der Waals surface area contributed by atoms with E-state index in [4.69, 9.17) is 4.74 Å². The van der Waals surface area contributed by atoms with Crippen LogP contribution in [0.3, 0.4) is 0 Å². The molecule has 3 rings (SSSR count). The minimum absolute atomic E-state index is 0.0288. The maximum atomic E-state index is 12.2. The zero-order valence-electron chi connectivity index (χ0n) is 14.2. The number of likely N-dealkylation sites (tertiary alicyclic amines) is 1. The van der Waals surface area contributed by atoms with Gasteiger partial charge in [0.1, 0.15) is 0 Å². The molecule has 0 spiro atoms. The predicted octanol–water partition coefficient (Wildman–Crippen LogP) is 1.43. The first-order chi connectivity index (χ1) is 11.4.